The predicted octanol–water partition coefficient (Wildman–Crippen LogP) is 8.02. The molecule has 0 amide bonds. The van der Waals surface area contributed by atoms with Crippen LogP contribution in [0.4, 0.5) is 35.1 Å². The third-order valence-corrected chi connectivity index (χ3v) is 11.8. The van der Waals surface area contributed by atoms with Gasteiger partial charge in [-0.1, -0.05) is 121 Å². The molecule has 0 atom stereocenters. The fraction of sp³-hybridized carbons (Fsp3) is 0.133. The second-order valence-corrected chi connectivity index (χ2v) is 13.3. The van der Waals surface area contributed by atoms with E-state index in [-0.39, 0.29) is 21.2 Å². The van der Waals surface area contributed by atoms with Gasteiger partial charge < -0.3 is 0 Å². The first-order valence-corrected chi connectivity index (χ1v) is 14.7. The normalized spacial score (nSPS) is 19.1. The SMILES string of the molecule is FC1(F)C(P(c2ccccc2)c2ccccc2)=C(P(c2ccccc2)c2ccccc2)C(F)(F)C(F)(F)C1(F)F. The average Bonchev–Trinajstić information content (AvgIpc) is 2.95. The zero-order valence-corrected chi connectivity index (χ0v) is 22.3. The first kappa shape index (κ1) is 28.4. The maximum absolute atomic E-state index is 16.2. The van der Waals surface area contributed by atoms with E-state index in [1.807, 2.05) is 0 Å². The molecule has 4 aromatic rings. The molecule has 0 nitrogen and oxygen atoms in total. The van der Waals surface area contributed by atoms with Crippen LogP contribution >= 0.6 is 15.8 Å². The first-order chi connectivity index (χ1) is 18.9. The molecule has 0 bridgehead atoms. The Kier molecular flexibility index (Phi) is 7.39. The Balaban J connectivity index is 1.99. The van der Waals surface area contributed by atoms with Gasteiger partial charge >= 0.3 is 23.7 Å². The van der Waals surface area contributed by atoms with Crippen LogP contribution < -0.4 is 21.2 Å². The summed E-state index contributed by atoms with van der Waals surface area (Å²) < 4.78 is 125. The Morgan fingerprint density at radius 3 is 0.725 bits per heavy atom. The molecule has 0 heterocycles. The number of alkyl halides is 8. The van der Waals surface area contributed by atoms with Crippen molar-refractivity contribution in [1.82, 2.24) is 0 Å². The van der Waals surface area contributed by atoms with E-state index in [1.165, 1.54) is 97.1 Å². The molecule has 0 aliphatic heterocycles. The van der Waals surface area contributed by atoms with Crippen molar-refractivity contribution in [3.8, 4) is 0 Å². The zero-order valence-electron chi connectivity index (χ0n) is 20.5. The van der Waals surface area contributed by atoms with Crippen LogP contribution in [0.25, 0.3) is 0 Å². The molecule has 0 fully saturated rings. The first-order valence-electron chi connectivity index (χ1n) is 12.0. The molecule has 206 valence electrons. The third-order valence-electron chi connectivity index (χ3n) is 6.51. The van der Waals surface area contributed by atoms with Gasteiger partial charge in [0.15, 0.2) is 0 Å². The second kappa shape index (κ2) is 10.4. The van der Waals surface area contributed by atoms with Gasteiger partial charge in [0.25, 0.3) is 0 Å². The summed E-state index contributed by atoms with van der Waals surface area (Å²) in [7, 11) is -5.63. The van der Waals surface area contributed by atoms with Gasteiger partial charge in [-0.05, 0) is 37.1 Å². The van der Waals surface area contributed by atoms with Crippen LogP contribution in [0.3, 0.4) is 0 Å². The molecule has 10 heteroatoms. The van der Waals surface area contributed by atoms with Crippen molar-refractivity contribution in [2.24, 2.45) is 0 Å². The lowest BCUT2D eigenvalue weighted by Crippen LogP contribution is -2.67. The maximum Gasteiger partial charge on any atom is 0.383 e. The van der Waals surface area contributed by atoms with E-state index >= 15 is 35.1 Å². The topological polar surface area (TPSA) is 0 Å². The summed E-state index contributed by atoms with van der Waals surface area (Å²) in [6.07, 6.45) is 0. The Morgan fingerprint density at radius 2 is 0.525 bits per heavy atom. The molecule has 0 unspecified atom stereocenters. The monoisotopic (exact) mass is 594 g/mol. The molecule has 1 aliphatic rings. The quantitative estimate of drug-likeness (QED) is 0.157. The van der Waals surface area contributed by atoms with Gasteiger partial charge in [0.2, 0.25) is 0 Å². The van der Waals surface area contributed by atoms with E-state index < -0.39 is 50.2 Å². The van der Waals surface area contributed by atoms with Crippen LogP contribution in [0.1, 0.15) is 0 Å². The Morgan fingerprint density at radius 1 is 0.325 bits per heavy atom. The van der Waals surface area contributed by atoms with Crippen molar-refractivity contribution in [2.75, 3.05) is 0 Å². The summed E-state index contributed by atoms with van der Waals surface area (Å²) >= 11 is 0. The van der Waals surface area contributed by atoms with Crippen molar-refractivity contribution in [3.63, 3.8) is 0 Å². The molecule has 0 saturated heterocycles. The molecular weight excluding hydrogens is 574 g/mol. The van der Waals surface area contributed by atoms with Gasteiger partial charge in [0.1, 0.15) is 0 Å². The summed E-state index contributed by atoms with van der Waals surface area (Å²) in [6.45, 7) is 0. The molecule has 4 aromatic carbocycles. The molecule has 0 spiro atoms. The lowest BCUT2D eigenvalue weighted by atomic mass is 9.91. The Labute approximate surface area is 227 Å². The highest BCUT2D eigenvalue weighted by Gasteiger charge is 2.86. The number of hydrogen-bond acceptors (Lipinski definition) is 0. The van der Waals surface area contributed by atoms with E-state index in [0.717, 1.165) is 0 Å². The maximum atomic E-state index is 16.2. The number of allylic oxidation sites excluding steroid dienone is 2. The molecular formula is C30H20F8P2. The smallest absolute Gasteiger partial charge is 0.194 e. The standard InChI is InChI=1S/C30H20F8P2/c31-27(32)25(39(21-13-5-1-6-14-21)22-15-7-2-8-16-22)26(28(33,34)30(37,38)29(27,35)36)40(23-17-9-3-10-18-23)24-19-11-4-12-20-24/h1-20H. The summed E-state index contributed by atoms with van der Waals surface area (Å²) in [5.74, 6) is -24.0. The van der Waals surface area contributed by atoms with E-state index in [1.54, 1.807) is 24.3 Å². The highest BCUT2D eigenvalue weighted by Crippen LogP contribution is 2.73. The number of halogens is 8. The second-order valence-electron chi connectivity index (χ2n) is 9.01. The summed E-state index contributed by atoms with van der Waals surface area (Å²) in [6, 6.07) is 28.7. The minimum absolute atomic E-state index is 0.0452. The molecule has 5 rings (SSSR count). The molecule has 1 aliphatic carbocycles. The van der Waals surface area contributed by atoms with Crippen molar-refractivity contribution >= 4 is 37.1 Å². The summed E-state index contributed by atoms with van der Waals surface area (Å²) in [5, 5.41) is -3.13. The van der Waals surface area contributed by atoms with E-state index in [2.05, 4.69) is 0 Å². The lowest BCUT2D eigenvalue weighted by molar-refractivity contribution is -0.354. The average molecular weight is 594 g/mol. The predicted molar refractivity (Wildman–Crippen MR) is 145 cm³/mol. The van der Waals surface area contributed by atoms with Crippen LogP contribution in [-0.2, 0) is 0 Å². The van der Waals surface area contributed by atoms with Crippen molar-refractivity contribution in [1.29, 1.82) is 0 Å². The van der Waals surface area contributed by atoms with Gasteiger partial charge in [0.05, 0.1) is 0 Å². The van der Waals surface area contributed by atoms with Gasteiger partial charge in [-0.25, -0.2) is 0 Å². The van der Waals surface area contributed by atoms with E-state index in [4.69, 9.17) is 0 Å². The largest absolute Gasteiger partial charge is 0.383 e. The minimum Gasteiger partial charge on any atom is -0.194 e. The highest BCUT2D eigenvalue weighted by atomic mass is 31.1. The van der Waals surface area contributed by atoms with Crippen LogP contribution in [0.5, 0.6) is 0 Å². The molecule has 0 N–H and O–H groups in total. The molecule has 0 aromatic heterocycles. The zero-order chi connectivity index (χ0) is 28.8. The fourth-order valence-electron chi connectivity index (χ4n) is 4.60. The highest BCUT2D eigenvalue weighted by molar-refractivity contribution is 7.80. The summed E-state index contributed by atoms with van der Waals surface area (Å²) in [4.78, 5) is 0. The van der Waals surface area contributed by atoms with Crippen molar-refractivity contribution < 1.29 is 35.1 Å². The molecule has 0 saturated carbocycles. The van der Waals surface area contributed by atoms with Crippen LogP contribution in [0.15, 0.2) is 132 Å². The van der Waals surface area contributed by atoms with E-state index in [0.29, 0.717) is 0 Å². The Hall–Kier alpha value is -3.08. The van der Waals surface area contributed by atoms with Gasteiger partial charge in [-0.2, -0.15) is 35.1 Å². The van der Waals surface area contributed by atoms with Crippen molar-refractivity contribution in [2.45, 2.75) is 23.7 Å². The van der Waals surface area contributed by atoms with Gasteiger partial charge in [0, 0.05) is 10.6 Å². The van der Waals surface area contributed by atoms with Crippen LogP contribution in [0, 0.1) is 0 Å². The number of rotatable bonds is 6. The Bertz CT molecular complexity index is 1300. The van der Waals surface area contributed by atoms with E-state index in [9.17, 15) is 0 Å². The summed E-state index contributed by atoms with van der Waals surface area (Å²) in [5.41, 5.74) is 0. The minimum atomic E-state index is -6.37. The molecule has 40 heavy (non-hydrogen) atoms. The van der Waals surface area contributed by atoms with Crippen LogP contribution in [-0.4, -0.2) is 23.7 Å². The fourth-order valence-corrected chi connectivity index (χ4v) is 10.3. The van der Waals surface area contributed by atoms with Gasteiger partial charge in [-0.15, -0.1) is 0 Å². The van der Waals surface area contributed by atoms with Crippen molar-refractivity contribution in [3.05, 3.63) is 132 Å². The third kappa shape index (κ3) is 4.37. The number of hydrogen-bond donors (Lipinski definition) is 0. The van der Waals surface area contributed by atoms with Gasteiger partial charge in [-0.3, -0.25) is 0 Å². The lowest BCUT2D eigenvalue weighted by Gasteiger charge is -2.47. The van der Waals surface area contributed by atoms with Crippen LogP contribution in [0.2, 0.25) is 0 Å². The number of benzene rings is 4. The molecule has 0 radical (unpaired) electrons.